The van der Waals surface area contributed by atoms with Gasteiger partial charge in [-0.15, -0.1) is 0 Å². The van der Waals surface area contributed by atoms with E-state index >= 15 is 0 Å². The van der Waals surface area contributed by atoms with Crippen molar-refractivity contribution < 1.29 is 14.4 Å². The number of esters is 1. The van der Waals surface area contributed by atoms with Crippen molar-refractivity contribution in [2.45, 2.75) is 83.1 Å². The summed E-state index contributed by atoms with van der Waals surface area (Å²) in [6.45, 7) is 8.68. The van der Waals surface area contributed by atoms with E-state index in [1.165, 1.54) is 6.42 Å². The van der Waals surface area contributed by atoms with Gasteiger partial charge in [0.15, 0.2) is 0 Å². The molecule has 4 heteroatoms. The Morgan fingerprint density at radius 3 is 2.31 bits per heavy atom. The van der Waals surface area contributed by atoms with Crippen LogP contribution in [0.4, 0.5) is 0 Å². The smallest absolute Gasteiger partial charge is 0.338 e. The van der Waals surface area contributed by atoms with Crippen LogP contribution in [-0.2, 0) is 9.57 Å². The van der Waals surface area contributed by atoms with E-state index in [9.17, 15) is 4.79 Å². The van der Waals surface area contributed by atoms with E-state index < -0.39 is 0 Å². The molecule has 1 fully saturated rings. The van der Waals surface area contributed by atoms with Crippen molar-refractivity contribution in [3.05, 3.63) is 48.0 Å². The second-order valence-corrected chi connectivity index (χ2v) is 8.72. The van der Waals surface area contributed by atoms with Crippen molar-refractivity contribution in [2.24, 2.45) is 0 Å². The van der Waals surface area contributed by atoms with Gasteiger partial charge in [0.1, 0.15) is 6.10 Å². The van der Waals surface area contributed by atoms with Crippen molar-refractivity contribution in [1.82, 2.24) is 5.06 Å². The summed E-state index contributed by atoms with van der Waals surface area (Å²) in [5.41, 5.74) is 0.178. The predicted octanol–water partition coefficient (Wildman–Crippen LogP) is 4.91. The zero-order chi connectivity index (χ0) is 18.8. The summed E-state index contributed by atoms with van der Waals surface area (Å²) >= 11 is 0. The van der Waals surface area contributed by atoms with Gasteiger partial charge in [0, 0.05) is 23.9 Å². The van der Waals surface area contributed by atoms with Gasteiger partial charge in [-0.3, -0.25) is 4.84 Å². The number of nitrogens with zero attached hydrogens (tertiary/aromatic N) is 1. The molecule has 1 saturated heterocycles. The Balaban J connectivity index is 1.69. The van der Waals surface area contributed by atoms with Crippen molar-refractivity contribution >= 4 is 5.97 Å². The minimum atomic E-state index is -0.244. The molecule has 0 N–H and O–H groups in total. The molecule has 1 aromatic rings. The molecule has 0 spiro atoms. The van der Waals surface area contributed by atoms with Gasteiger partial charge >= 0.3 is 5.97 Å². The van der Waals surface area contributed by atoms with Crippen LogP contribution in [0.1, 0.15) is 70.2 Å². The Morgan fingerprint density at radius 1 is 1.08 bits per heavy atom. The van der Waals surface area contributed by atoms with Gasteiger partial charge in [-0.2, -0.15) is 5.06 Å². The molecule has 0 bridgehead atoms. The highest BCUT2D eigenvalue weighted by Gasteiger charge is 2.48. The monoisotopic (exact) mass is 357 g/mol. The Labute approximate surface area is 157 Å². The standard InChI is InChI=1S/C22H31NO3/c1-21(2)15-19(25-20(24)17-11-7-5-8-12-17)16-22(3,4)23(21)26-18-13-9-6-10-14-18/h5,7-9,11-13,18-19H,6,10,14-16H2,1-4H3. The molecule has 1 aliphatic heterocycles. The lowest BCUT2D eigenvalue weighted by Gasteiger charge is -2.54. The largest absolute Gasteiger partial charge is 0.459 e. The van der Waals surface area contributed by atoms with Crippen LogP contribution in [0.15, 0.2) is 42.5 Å². The normalized spacial score (nSPS) is 25.8. The summed E-state index contributed by atoms with van der Waals surface area (Å²) < 4.78 is 5.85. The van der Waals surface area contributed by atoms with Crippen LogP contribution in [-0.4, -0.2) is 34.3 Å². The molecule has 1 atom stereocenters. The SMILES string of the molecule is CC1(C)CC(OC(=O)c2ccccc2)CC(C)(C)N1OC1C=CCCC1. The quantitative estimate of drug-likeness (QED) is 0.567. The first-order valence-electron chi connectivity index (χ1n) is 9.68. The maximum Gasteiger partial charge on any atom is 0.338 e. The first-order chi connectivity index (χ1) is 12.3. The number of ether oxygens (including phenoxy) is 1. The molecule has 1 unspecified atom stereocenters. The number of hydroxylamine groups is 2. The van der Waals surface area contributed by atoms with Gasteiger partial charge < -0.3 is 4.74 Å². The van der Waals surface area contributed by atoms with Crippen LogP contribution in [0, 0.1) is 0 Å². The molecule has 142 valence electrons. The highest BCUT2D eigenvalue weighted by molar-refractivity contribution is 5.89. The summed E-state index contributed by atoms with van der Waals surface area (Å²) in [6, 6.07) is 9.22. The topological polar surface area (TPSA) is 38.8 Å². The fourth-order valence-electron chi connectivity index (χ4n) is 4.34. The summed E-state index contributed by atoms with van der Waals surface area (Å²) in [5.74, 6) is -0.244. The minimum absolute atomic E-state index is 0.116. The van der Waals surface area contributed by atoms with Crippen LogP contribution in [0.2, 0.25) is 0 Å². The molecular formula is C22H31NO3. The Hall–Kier alpha value is -1.65. The molecule has 26 heavy (non-hydrogen) atoms. The number of hydrogen-bond donors (Lipinski definition) is 0. The molecule has 3 rings (SSSR count). The van der Waals surface area contributed by atoms with Gasteiger partial charge in [-0.25, -0.2) is 4.79 Å². The Bertz CT molecular complexity index is 633. The zero-order valence-corrected chi connectivity index (χ0v) is 16.4. The third-order valence-electron chi connectivity index (χ3n) is 5.29. The predicted molar refractivity (Wildman–Crippen MR) is 103 cm³/mol. The summed E-state index contributed by atoms with van der Waals surface area (Å²) in [5, 5.41) is 2.15. The molecule has 1 aromatic carbocycles. The van der Waals surface area contributed by atoms with E-state index in [2.05, 4.69) is 44.9 Å². The zero-order valence-electron chi connectivity index (χ0n) is 16.4. The number of piperidine rings is 1. The molecule has 0 amide bonds. The second kappa shape index (κ2) is 7.53. The van der Waals surface area contributed by atoms with E-state index in [-0.39, 0.29) is 29.3 Å². The highest BCUT2D eigenvalue weighted by Crippen LogP contribution is 2.41. The first kappa shape index (κ1) is 19.1. The van der Waals surface area contributed by atoms with Gasteiger partial charge in [0.2, 0.25) is 0 Å². The molecule has 1 aliphatic carbocycles. The average molecular weight is 357 g/mol. The molecule has 4 nitrogen and oxygen atoms in total. The summed E-state index contributed by atoms with van der Waals surface area (Å²) in [6.07, 6.45) is 9.31. The van der Waals surface area contributed by atoms with Gasteiger partial charge in [0.05, 0.1) is 11.7 Å². The van der Waals surface area contributed by atoms with Crippen molar-refractivity contribution in [3.63, 3.8) is 0 Å². The maximum atomic E-state index is 12.5. The van der Waals surface area contributed by atoms with Crippen molar-refractivity contribution in [3.8, 4) is 0 Å². The van der Waals surface area contributed by atoms with Gasteiger partial charge in [0.25, 0.3) is 0 Å². The number of carbonyl (C=O) groups is 1. The second-order valence-electron chi connectivity index (χ2n) is 8.72. The van der Waals surface area contributed by atoms with Crippen LogP contribution in [0.5, 0.6) is 0 Å². The lowest BCUT2D eigenvalue weighted by atomic mass is 9.80. The average Bonchev–Trinajstić information content (AvgIpc) is 2.59. The third-order valence-corrected chi connectivity index (χ3v) is 5.29. The number of benzene rings is 1. The molecule has 2 aliphatic rings. The highest BCUT2D eigenvalue weighted by atomic mass is 16.7. The molecule has 0 radical (unpaired) electrons. The van der Waals surface area contributed by atoms with Crippen molar-refractivity contribution in [2.75, 3.05) is 0 Å². The molecular weight excluding hydrogens is 326 g/mol. The number of carbonyl (C=O) groups excluding carboxylic acids is 1. The Morgan fingerprint density at radius 2 is 1.73 bits per heavy atom. The van der Waals surface area contributed by atoms with Gasteiger partial charge in [-0.1, -0.05) is 30.4 Å². The van der Waals surface area contributed by atoms with E-state index in [0.29, 0.717) is 5.56 Å². The number of rotatable bonds is 4. The van der Waals surface area contributed by atoms with Crippen LogP contribution >= 0.6 is 0 Å². The number of allylic oxidation sites excluding steroid dienone is 1. The summed E-state index contributed by atoms with van der Waals surface area (Å²) in [7, 11) is 0. The number of hydrogen-bond acceptors (Lipinski definition) is 4. The van der Waals surface area contributed by atoms with E-state index in [1.807, 2.05) is 18.2 Å². The lowest BCUT2D eigenvalue weighted by molar-refractivity contribution is -0.307. The Kier molecular flexibility index (Phi) is 5.54. The van der Waals surface area contributed by atoms with E-state index in [4.69, 9.17) is 9.57 Å². The van der Waals surface area contributed by atoms with Crippen molar-refractivity contribution in [1.29, 1.82) is 0 Å². The van der Waals surface area contributed by atoms with E-state index in [1.54, 1.807) is 12.1 Å². The summed E-state index contributed by atoms with van der Waals surface area (Å²) in [4.78, 5) is 18.9. The fourth-order valence-corrected chi connectivity index (χ4v) is 4.34. The minimum Gasteiger partial charge on any atom is -0.459 e. The maximum absolute atomic E-state index is 12.5. The molecule has 0 saturated carbocycles. The fraction of sp³-hybridized carbons (Fsp3) is 0.591. The first-order valence-corrected chi connectivity index (χ1v) is 9.68. The van der Waals surface area contributed by atoms with Crippen LogP contribution < -0.4 is 0 Å². The molecule has 1 heterocycles. The van der Waals surface area contributed by atoms with Gasteiger partial charge in [-0.05, 0) is 59.1 Å². The van der Waals surface area contributed by atoms with Crippen LogP contribution in [0.25, 0.3) is 0 Å². The molecule has 0 aromatic heterocycles. The van der Waals surface area contributed by atoms with E-state index in [0.717, 1.165) is 25.7 Å². The lowest BCUT2D eigenvalue weighted by Crippen LogP contribution is -2.62. The third kappa shape index (κ3) is 4.36. The van der Waals surface area contributed by atoms with Crippen LogP contribution in [0.3, 0.4) is 0 Å².